The number of nitrogens with one attached hydrogen (secondary N) is 1. The number of rotatable bonds is 5. The average Bonchev–Trinajstić information content (AvgIpc) is 2.82. The van der Waals surface area contributed by atoms with Crippen molar-refractivity contribution in [2.75, 3.05) is 0 Å². The van der Waals surface area contributed by atoms with E-state index in [0.29, 0.717) is 12.6 Å². The van der Waals surface area contributed by atoms with Crippen LogP contribution in [0.15, 0.2) is 39.0 Å². The lowest BCUT2D eigenvalue weighted by Crippen LogP contribution is -2.22. The zero-order valence-corrected chi connectivity index (χ0v) is 11.9. The molecular formula is C13H15FN2S2. The summed E-state index contributed by atoms with van der Waals surface area (Å²) in [6.45, 7) is 4.82. The topological polar surface area (TPSA) is 24.9 Å². The highest BCUT2D eigenvalue weighted by Gasteiger charge is 2.08. The maximum absolute atomic E-state index is 13.3. The van der Waals surface area contributed by atoms with Crippen molar-refractivity contribution in [1.29, 1.82) is 0 Å². The standard InChI is InChI=1S/C13H15FN2S2/c1-9(2)16-8-10-7-11(14)3-4-12(10)18-13-15-5-6-17-13/h3-7,9,16H,8H2,1-2H3. The molecule has 1 heterocycles. The molecule has 2 nitrogen and oxygen atoms in total. The van der Waals surface area contributed by atoms with Gasteiger partial charge in [-0.25, -0.2) is 9.37 Å². The van der Waals surface area contributed by atoms with E-state index < -0.39 is 0 Å². The Morgan fingerprint density at radius 2 is 2.28 bits per heavy atom. The van der Waals surface area contributed by atoms with Gasteiger partial charge >= 0.3 is 0 Å². The van der Waals surface area contributed by atoms with Crippen molar-refractivity contribution in [3.05, 3.63) is 41.2 Å². The number of hydrogen-bond acceptors (Lipinski definition) is 4. The van der Waals surface area contributed by atoms with Gasteiger partial charge in [-0.1, -0.05) is 25.6 Å². The summed E-state index contributed by atoms with van der Waals surface area (Å²) in [5, 5.41) is 5.25. The van der Waals surface area contributed by atoms with Gasteiger partial charge in [0.1, 0.15) is 5.82 Å². The summed E-state index contributed by atoms with van der Waals surface area (Å²) in [7, 11) is 0. The van der Waals surface area contributed by atoms with Crippen molar-refractivity contribution in [3.63, 3.8) is 0 Å². The summed E-state index contributed by atoms with van der Waals surface area (Å²) < 4.78 is 14.3. The van der Waals surface area contributed by atoms with Crippen LogP contribution in [0.5, 0.6) is 0 Å². The zero-order chi connectivity index (χ0) is 13.0. The Hall–Kier alpha value is -0.910. The number of halogens is 1. The fraction of sp³-hybridized carbons (Fsp3) is 0.308. The molecular weight excluding hydrogens is 267 g/mol. The largest absolute Gasteiger partial charge is 0.310 e. The van der Waals surface area contributed by atoms with E-state index in [9.17, 15) is 4.39 Å². The Bertz CT molecular complexity index is 498. The predicted molar refractivity (Wildman–Crippen MR) is 74.6 cm³/mol. The molecule has 0 aliphatic rings. The lowest BCUT2D eigenvalue weighted by atomic mass is 10.2. The molecule has 0 bridgehead atoms. The van der Waals surface area contributed by atoms with Crippen LogP contribution in [-0.2, 0) is 6.54 Å². The molecule has 0 fully saturated rings. The first kappa shape index (κ1) is 13.5. The maximum atomic E-state index is 13.3. The monoisotopic (exact) mass is 282 g/mol. The van der Waals surface area contributed by atoms with Crippen molar-refractivity contribution in [2.24, 2.45) is 0 Å². The fourth-order valence-corrected chi connectivity index (χ4v) is 3.14. The molecule has 0 aliphatic heterocycles. The number of thiazole rings is 1. The Morgan fingerprint density at radius 1 is 1.44 bits per heavy atom. The lowest BCUT2D eigenvalue weighted by Gasteiger charge is -2.11. The highest BCUT2D eigenvalue weighted by Crippen LogP contribution is 2.32. The third-order valence-electron chi connectivity index (χ3n) is 2.33. The second-order valence-corrected chi connectivity index (χ2v) is 6.37. The molecule has 0 spiro atoms. The molecule has 96 valence electrons. The third-order valence-corrected chi connectivity index (χ3v) is 4.33. The number of benzene rings is 1. The van der Waals surface area contributed by atoms with Gasteiger partial charge in [0.2, 0.25) is 0 Å². The normalized spacial score (nSPS) is 11.1. The Kier molecular flexibility index (Phi) is 4.74. The van der Waals surface area contributed by atoms with Gasteiger partial charge in [-0.15, -0.1) is 11.3 Å². The molecule has 0 saturated heterocycles. The van der Waals surface area contributed by atoms with Crippen LogP contribution < -0.4 is 5.32 Å². The highest BCUT2D eigenvalue weighted by molar-refractivity contribution is 8.01. The molecule has 0 amide bonds. The first-order valence-electron chi connectivity index (χ1n) is 5.74. The van der Waals surface area contributed by atoms with Crippen molar-refractivity contribution in [1.82, 2.24) is 10.3 Å². The molecule has 2 rings (SSSR count). The van der Waals surface area contributed by atoms with Crippen LogP contribution in [-0.4, -0.2) is 11.0 Å². The van der Waals surface area contributed by atoms with Crippen LogP contribution in [0.25, 0.3) is 0 Å². The number of aromatic nitrogens is 1. The van der Waals surface area contributed by atoms with Crippen LogP contribution in [0.3, 0.4) is 0 Å². The highest BCUT2D eigenvalue weighted by atomic mass is 32.2. The first-order chi connectivity index (χ1) is 8.65. The van der Waals surface area contributed by atoms with Gasteiger partial charge in [0.25, 0.3) is 0 Å². The van der Waals surface area contributed by atoms with Crippen LogP contribution in [0.1, 0.15) is 19.4 Å². The summed E-state index contributed by atoms with van der Waals surface area (Å²) in [6, 6.07) is 5.28. The van der Waals surface area contributed by atoms with E-state index in [4.69, 9.17) is 0 Å². The quantitative estimate of drug-likeness (QED) is 0.899. The third kappa shape index (κ3) is 3.80. The Labute approximate surface area is 115 Å². The van der Waals surface area contributed by atoms with Crippen LogP contribution >= 0.6 is 23.1 Å². The van der Waals surface area contributed by atoms with E-state index in [-0.39, 0.29) is 5.82 Å². The van der Waals surface area contributed by atoms with E-state index in [2.05, 4.69) is 24.1 Å². The van der Waals surface area contributed by atoms with Gasteiger partial charge in [-0.2, -0.15) is 0 Å². The molecule has 0 radical (unpaired) electrons. The van der Waals surface area contributed by atoms with Crippen molar-refractivity contribution >= 4 is 23.1 Å². The minimum atomic E-state index is -0.195. The maximum Gasteiger partial charge on any atom is 0.154 e. The average molecular weight is 282 g/mol. The van der Waals surface area contributed by atoms with Crippen molar-refractivity contribution in [3.8, 4) is 0 Å². The summed E-state index contributed by atoms with van der Waals surface area (Å²) in [4.78, 5) is 5.29. The molecule has 1 aromatic heterocycles. The van der Waals surface area contributed by atoms with Gasteiger partial charge in [-0.3, -0.25) is 0 Å². The van der Waals surface area contributed by atoms with Gasteiger partial charge in [0.15, 0.2) is 4.34 Å². The Morgan fingerprint density at radius 3 is 2.94 bits per heavy atom. The van der Waals surface area contributed by atoms with Crippen LogP contribution in [0.4, 0.5) is 4.39 Å². The molecule has 0 unspecified atom stereocenters. The predicted octanol–water partition coefficient (Wildman–Crippen LogP) is 3.93. The molecule has 0 atom stereocenters. The van der Waals surface area contributed by atoms with E-state index in [1.807, 2.05) is 11.4 Å². The SMILES string of the molecule is CC(C)NCc1cc(F)ccc1Sc1nccs1. The van der Waals surface area contributed by atoms with E-state index in [0.717, 1.165) is 14.8 Å². The van der Waals surface area contributed by atoms with Crippen LogP contribution in [0.2, 0.25) is 0 Å². The molecule has 0 saturated carbocycles. The van der Waals surface area contributed by atoms with E-state index >= 15 is 0 Å². The first-order valence-corrected chi connectivity index (χ1v) is 7.44. The lowest BCUT2D eigenvalue weighted by molar-refractivity contribution is 0.576. The zero-order valence-electron chi connectivity index (χ0n) is 10.3. The van der Waals surface area contributed by atoms with Gasteiger partial charge in [0, 0.05) is 29.1 Å². The molecule has 18 heavy (non-hydrogen) atoms. The minimum Gasteiger partial charge on any atom is -0.310 e. The van der Waals surface area contributed by atoms with Crippen LogP contribution in [0, 0.1) is 5.82 Å². The fourth-order valence-electron chi connectivity index (χ4n) is 1.45. The van der Waals surface area contributed by atoms with E-state index in [1.54, 1.807) is 35.4 Å². The number of hydrogen-bond donors (Lipinski definition) is 1. The second kappa shape index (κ2) is 6.31. The second-order valence-electron chi connectivity index (χ2n) is 4.19. The summed E-state index contributed by atoms with van der Waals surface area (Å²) in [5.41, 5.74) is 0.976. The molecule has 1 N–H and O–H groups in total. The molecule has 2 aromatic rings. The number of nitrogens with zero attached hydrogens (tertiary/aromatic N) is 1. The van der Waals surface area contributed by atoms with Gasteiger partial charge in [-0.05, 0) is 23.8 Å². The Balaban J connectivity index is 2.17. The minimum absolute atomic E-state index is 0.195. The van der Waals surface area contributed by atoms with Gasteiger partial charge < -0.3 is 5.32 Å². The van der Waals surface area contributed by atoms with Crippen molar-refractivity contribution < 1.29 is 4.39 Å². The molecule has 5 heteroatoms. The molecule has 0 aliphatic carbocycles. The van der Waals surface area contributed by atoms with E-state index in [1.165, 1.54) is 6.07 Å². The molecule has 1 aromatic carbocycles. The summed E-state index contributed by atoms with van der Waals surface area (Å²) >= 11 is 3.17. The summed E-state index contributed by atoms with van der Waals surface area (Å²) in [6.07, 6.45) is 1.78. The smallest absolute Gasteiger partial charge is 0.154 e. The summed E-state index contributed by atoms with van der Waals surface area (Å²) in [5.74, 6) is -0.195. The van der Waals surface area contributed by atoms with Gasteiger partial charge in [0.05, 0.1) is 0 Å². The van der Waals surface area contributed by atoms with Crippen molar-refractivity contribution in [2.45, 2.75) is 35.7 Å².